The maximum absolute atomic E-state index is 12.2. The van der Waals surface area contributed by atoms with E-state index in [0.717, 1.165) is 24.3 Å². The van der Waals surface area contributed by atoms with Crippen LogP contribution in [0.25, 0.3) is 0 Å². The molecular formula is C17H19N3O. The molecule has 3 N–H and O–H groups in total. The van der Waals surface area contributed by atoms with E-state index in [0.29, 0.717) is 12.2 Å². The van der Waals surface area contributed by atoms with Gasteiger partial charge in [-0.3, -0.25) is 9.69 Å². The Bertz CT molecular complexity index is 656. The van der Waals surface area contributed by atoms with Crippen LogP contribution in [-0.2, 0) is 17.9 Å². The summed E-state index contributed by atoms with van der Waals surface area (Å²) in [4.78, 5) is 14.3. The van der Waals surface area contributed by atoms with Crippen molar-refractivity contribution in [2.45, 2.75) is 20.0 Å². The van der Waals surface area contributed by atoms with Crippen LogP contribution < -0.4 is 11.1 Å². The van der Waals surface area contributed by atoms with E-state index in [4.69, 9.17) is 5.73 Å². The van der Waals surface area contributed by atoms with E-state index in [9.17, 15) is 4.79 Å². The van der Waals surface area contributed by atoms with Crippen LogP contribution in [0.15, 0.2) is 42.5 Å². The van der Waals surface area contributed by atoms with Crippen molar-refractivity contribution in [2.75, 3.05) is 17.6 Å². The van der Waals surface area contributed by atoms with Crippen molar-refractivity contribution in [1.82, 2.24) is 4.90 Å². The molecule has 0 radical (unpaired) electrons. The smallest absolute Gasteiger partial charge is 0.238 e. The number of rotatable bonds is 3. The van der Waals surface area contributed by atoms with Gasteiger partial charge in [0.15, 0.2) is 0 Å². The molecule has 0 saturated heterocycles. The number of carbonyl (C=O) groups is 1. The molecule has 4 nitrogen and oxygen atoms in total. The molecule has 0 bridgehead atoms. The fraction of sp³-hybridized carbons (Fsp3) is 0.235. The van der Waals surface area contributed by atoms with Crippen LogP contribution in [0.3, 0.4) is 0 Å². The standard InChI is InChI=1S/C17H19N3O/c1-12-8-15(18)6-7-16(12)19-17(21)11-20-9-13-4-2-3-5-14(13)10-20/h2-8H,9-11,18H2,1H3,(H,19,21). The van der Waals surface area contributed by atoms with Crippen molar-refractivity contribution < 1.29 is 4.79 Å². The van der Waals surface area contributed by atoms with Gasteiger partial charge in [0, 0.05) is 24.5 Å². The van der Waals surface area contributed by atoms with Crippen LogP contribution in [0.1, 0.15) is 16.7 Å². The number of nitrogens with zero attached hydrogens (tertiary/aromatic N) is 1. The van der Waals surface area contributed by atoms with Crippen molar-refractivity contribution in [2.24, 2.45) is 0 Å². The highest BCUT2D eigenvalue weighted by atomic mass is 16.2. The Balaban J connectivity index is 1.61. The van der Waals surface area contributed by atoms with E-state index in [1.54, 1.807) is 6.07 Å². The third-order valence-electron chi connectivity index (χ3n) is 3.80. The molecule has 0 unspecified atom stereocenters. The molecule has 4 heteroatoms. The first-order chi connectivity index (χ1) is 10.1. The molecule has 0 saturated carbocycles. The predicted octanol–water partition coefficient (Wildman–Crippen LogP) is 2.53. The summed E-state index contributed by atoms with van der Waals surface area (Å²) in [5.74, 6) is 0.00989. The van der Waals surface area contributed by atoms with Crippen molar-refractivity contribution in [3.8, 4) is 0 Å². The molecule has 0 aromatic heterocycles. The maximum Gasteiger partial charge on any atom is 0.238 e. The van der Waals surface area contributed by atoms with E-state index in [1.807, 2.05) is 31.2 Å². The lowest BCUT2D eigenvalue weighted by Crippen LogP contribution is -2.29. The fourth-order valence-corrected chi connectivity index (χ4v) is 2.74. The maximum atomic E-state index is 12.2. The number of hydrogen-bond donors (Lipinski definition) is 2. The average Bonchev–Trinajstić information content (AvgIpc) is 2.84. The molecule has 2 aromatic rings. The number of hydrogen-bond acceptors (Lipinski definition) is 3. The predicted molar refractivity (Wildman–Crippen MR) is 84.8 cm³/mol. The molecule has 1 aliphatic heterocycles. The van der Waals surface area contributed by atoms with Gasteiger partial charge in [-0.2, -0.15) is 0 Å². The van der Waals surface area contributed by atoms with E-state index < -0.39 is 0 Å². The quantitative estimate of drug-likeness (QED) is 0.850. The highest BCUT2D eigenvalue weighted by Gasteiger charge is 2.20. The Kier molecular flexibility index (Phi) is 3.62. The van der Waals surface area contributed by atoms with Gasteiger partial charge in [-0.05, 0) is 41.8 Å². The number of benzene rings is 2. The summed E-state index contributed by atoms with van der Waals surface area (Å²) < 4.78 is 0. The fourth-order valence-electron chi connectivity index (χ4n) is 2.74. The van der Waals surface area contributed by atoms with E-state index in [-0.39, 0.29) is 5.91 Å². The van der Waals surface area contributed by atoms with Crippen LogP contribution in [0.2, 0.25) is 0 Å². The van der Waals surface area contributed by atoms with Crippen LogP contribution >= 0.6 is 0 Å². The summed E-state index contributed by atoms with van der Waals surface area (Å²) in [5, 5.41) is 2.95. The Hall–Kier alpha value is -2.33. The monoisotopic (exact) mass is 281 g/mol. The minimum absolute atomic E-state index is 0.00989. The van der Waals surface area contributed by atoms with Crippen molar-refractivity contribution in [1.29, 1.82) is 0 Å². The molecule has 1 aliphatic rings. The molecule has 0 aliphatic carbocycles. The van der Waals surface area contributed by atoms with Gasteiger partial charge in [0.25, 0.3) is 0 Å². The van der Waals surface area contributed by atoms with E-state index >= 15 is 0 Å². The molecule has 1 amide bonds. The lowest BCUT2D eigenvalue weighted by molar-refractivity contribution is -0.117. The molecule has 21 heavy (non-hydrogen) atoms. The zero-order valence-corrected chi connectivity index (χ0v) is 12.1. The number of aryl methyl sites for hydroxylation is 1. The van der Waals surface area contributed by atoms with Crippen LogP contribution in [0, 0.1) is 6.92 Å². The highest BCUT2D eigenvalue weighted by Crippen LogP contribution is 2.22. The summed E-state index contributed by atoms with van der Waals surface area (Å²) >= 11 is 0. The number of nitrogens with two attached hydrogens (primary N) is 1. The second-order valence-corrected chi connectivity index (χ2v) is 5.54. The van der Waals surface area contributed by atoms with Gasteiger partial charge in [-0.25, -0.2) is 0 Å². The van der Waals surface area contributed by atoms with Crippen molar-refractivity contribution in [3.05, 3.63) is 59.2 Å². The number of nitrogen functional groups attached to an aromatic ring is 1. The topological polar surface area (TPSA) is 58.4 Å². The van der Waals surface area contributed by atoms with Gasteiger partial charge in [-0.15, -0.1) is 0 Å². The van der Waals surface area contributed by atoms with Crippen LogP contribution in [-0.4, -0.2) is 17.4 Å². The van der Waals surface area contributed by atoms with Gasteiger partial charge in [0.1, 0.15) is 0 Å². The lowest BCUT2D eigenvalue weighted by atomic mass is 10.1. The first-order valence-electron chi connectivity index (χ1n) is 7.07. The number of nitrogens with one attached hydrogen (secondary N) is 1. The Morgan fingerprint density at radius 1 is 1.19 bits per heavy atom. The van der Waals surface area contributed by atoms with Crippen molar-refractivity contribution >= 4 is 17.3 Å². The molecule has 0 spiro atoms. The summed E-state index contributed by atoms with van der Waals surface area (Å²) in [7, 11) is 0. The van der Waals surface area contributed by atoms with Gasteiger partial charge in [0.2, 0.25) is 5.91 Å². The Morgan fingerprint density at radius 2 is 1.86 bits per heavy atom. The second kappa shape index (κ2) is 5.58. The lowest BCUT2D eigenvalue weighted by Gasteiger charge is -2.15. The first kappa shape index (κ1) is 13.6. The number of fused-ring (bicyclic) bond motifs is 1. The molecule has 3 rings (SSSR count). The zero-order valence-electron chi connectivity index (χ0n) is 12.1. The third kappa shape index (κ3) is 3.06. The molecular weight excluding hydrogens is 262 g/mol. The Morgan fingerprint density at radius 3 is 2.48 bits per heavy atom. The summed E-state index contributed by atoms with van der Waals surface area (Å²) in [6, 6.07) is 13.8. The zero-order chi connectivity index (χ0) is 14.8. The molecule has 2 aromatic carbocycles. The van der Waals surface area contributed by atoms with Gasteiger partial charge in [-0.1, -0.05) is 24.3 Å². The summed E-state index contributed by atoms with van der Waals surface area (Å²) in [5.41, 5.74) is 10.9. The average molecular weight is 281 g/mol. The second-order valence-electron chi connectivity index (χ2n) is 5.54. The first-order valence-corrected chi connectivity index (χ1v) is 7.07. The van der Waals surface area contributed by atoms with Gasteiger partial charge < -0.3 is 11.1 Å². The largest absolute Gasteiger partial charge is 0.399 e. The number of anilines is 2. The van der Waals surface area contributed by atoms with Gasteiger partial charge in [0.05, 0.1) is 6.54 Å². The summed E-state index contributed by atoms with van der Waals surface area (Å²) in [6.07, 6.45) is 0. The molecule has 0 atom stereocenters. The SMILES string of the molecule is Cc1cc(N)ccc1NC(=O)CN1Cc2ccccc2C1. The van der Waals surface area contributed by atoms with Crippen LogP contribution in [0.5, 0.6) is 0 Å². The van der Waals surface area contributed by atoms with E-state index in [2.05, 4.69) is 22.3 Å². The van der Waals surface area contributed by atoms with Crippen LogP contribution in [0.4, 0.5) is 11.4 Å². The Labute approximate surface area is 124 Å². The summed E-state index contributed by atoms with van der Waals surface area (Å²) in [6.45, 7) is 4.02. The minimum Gasteiger partial charge on any atom is -0.399 e. The normalized spacial score (nSPS) is 14.0. The minimum atomic E-state index is 0.00989. The van der Waals surface area contributed by atoms with Crippen molar-refractivity contribution in [3.63, 3.8) is 0 Å². The third-order valence-corrected chi connectivity index (χ3v) is 3.80. The number of amides is 1. The molecule has 1 heterocycles. The number of carbonyl (C=O) groups excluding carboxylic acids is 1. The van der Waals surface area contributed by atoms with E-state index in [1.165, 1.54) is 11.1 Å². The molecule has 108 valence electrons. The van der Waals surface area contributed by atoms with Gasteiger partial charge >= 0.3 is 0 Å². The molecule has 0 fully saturated rings. The highest BCUT2D eigenvalue weighted by molar-refractivity contribution is 5.93.